The average Bonchev–Trinajstić information content (AvgIpc) is 2.80. The molecule has 1 aromatic rings. The number of aryl methyl sites for hydroxylation is 1. The normalized spacial score (nSPS) is 16.7. The van der Waals surface area contributed by atoms with Crippen molar-refractivity contribution in [3.05, 3.63) is 23.8 Å². The first-order valence-corrected chi connectivity index (χ1v) is 8.96. The van der Waals surface area contributed by atoms with Crippen molar-refractivity contribution in [2.24, 2.45) is 5.92 Å². The lowest BCUT2D eigenvalue weighted by Crippen LogP contribution is -2.04. The summed E-state index contributed by atoms with van der Waals surface area (Å²) in [5.74, 6) is 1.50. The van der Waals surface area contributed by atoms with E-state index in [9.17, 15) is 8.42 Å². The first-order valence-electron chi connectivity index (χ1n) is 6.65. The van der Waals surface area contributed by atoms with Crippen LogP contribution in [0.2, 0.25) is 0 Å². The van der Waals surface area contributed by atoms with Gasteiger partial charge in [0.2, 0.25) is 0 Å². The first kappa shape index (κ1) is 14.7. The van der Waals surface area contributed by atoms with Crippen LogP contribution in [0.15, 0.2) is 23.1 Å². The van der Waals surface area contributed by atoms with Crippen LogP contribution in [0.25, 0.3) is 0 Å². The van der Waals surface area contributed by atoms with Crippen molar-refractivity contribution in [1.29, 1.82) is 0 Å². The minimum atomic E-state index is -3.67. The molecule has 106 valence electrons. The molecule has 0 spiro atoms. The highest BCUT2D eigenvalue weighted by Gasteiger charge is 2.16. The van der Waals surface area contributed by atoms with Crippen LogP contribution in [0.4, 0.5) is 0 Å². The summed E-state index contributed by atoms with van der Waals surface area (Å²) < 4.78 is 28.2. The minimum absolute atomic E-state index is 0.150. The van der Waals surface area contributed by atoms with Crippen LogP contribution in [-0.4, -0.2) is 15.0 Å². The van der Waals surface area contributed by atoms with Crippen LogP contribution in [0.1, 0.15) is 37.7 Å². The molecule has 0 aliphatic heterocycles. The number of benzene rings is 1. The lowest BCUT2D eigenvalue weighted by Gasteiger charge is -2.11. The van der Waals surface area contributed by atoms with E-state index in [2.05, 4.69) is 0 Å². The van der Waals surface area contributed by atoms with Gasteiger partial charge in [0.05, 0.1) is 11.5 Å². The van der Waals surface area contributed by atoms with Crippen molar-refractivity contribution < 1.29 is 13.2 Å². The molecule has 0 atom stereocenters. The lowest BCUT2D eigenvalue weighted by atomic mass is 10.1. The molecule has 1 saturated carbocycles. The molecule has 0 unspecified atom stereocenters. The van der Waals surface area contributed by atoms with Gasteiger partial charge >= 0.3 is 0 Å². The van der Waals surface area contributed by atoms with Crippen molar-refractivity contribution in [2.75, 3.05) is 6.61 Å². The van der Waals surface area contributed by atoms with Crippen molar-refractivity contribution in [1.82, 2.24) is 0 Å². The molecule has 0 N–H and O–H groups in total. The zero-order chi connectivity index (χ0) is 13.9. The highest BCUT2D eigenvalue weighted by Crippen LogP contribution is 2.28. The van der Waals surface area contributed by atoms with Gasteiger partial charge in [-0.3, -0.25) is 0 Å². The van der Waals surface area contributed by atoms with Crippen LogP contribution in [-0.2, 0) is 9.05 Å². The Labute approximate surface area is 119 Å². The number of hydrogen-bond donors (Lipinski definition) is 0. The smallest absolute Gasteiger partial charge is 0.261 e. The number of halogens is 1. The molecule has 19 heavy (non-hydrogen) atoms. The van der Waals surface area contributed by atoms with Gasteiger partial charge in [0.1, 0.15) is 5.75 Å². The summed E-state index contributed by atoms with van der Waals surface area (Å²) in [6.45, 7) is 2.41. The van der Waals surface area contributed by atoms with Crippen LogP contribution in [0, 0.1) is 12.8 Å². The maximum atomic E-state index is 11.3. The fourth-order valence-electron chi connectivity index (χ4n) is 2.63. The molecule has 5 heteroatoms. The van der Waals surface area contributed by atoms with E-state index in [1.165, 1.54) is 31.7 Å². The van der Waals surface area contributed by atoms with Crippen molar-refractivity contribution in [3.63, 3.8) is 0 Å². The van der Waals surface area contributed by atoms with Gasteiger partial charge in [0.15, 0.2) is 0 Å². The van der Waals surface area contributed by atoms with E-state index in [0.717, 1.165) is 12.3 Å². The van der Waals surface area contributed by atoms with Gasteiger partial charge < -0.3 is 4.74 Å². The fourth-order valence-corrected chi connectivity index (χ4v) is 3.82. The quantitative estimate of drug-likeness (QED) is 0.775. The monoisotopic (exact) mass is 302 g/mol. The summed E-state index contributed by atoms with van der Waals surface area (Å²) in [6.07, 6.45) is 6.38. The Morgan fingerprint density at radius 3 is 2.58 bits per heavy atom. The summed E-state index contributed by atoms with van der Waals surface area (Å²) in [7, 11) is 1.67. The van der Waals surface area contributed by atoms with Gasteiger partial charge in [0.25, 0.3) is 9.05 Å². The summed E-state index contributed by atoms with van der Waals surface area (Å²) in [4.78, 5) is 0.150. The summed E-state index contributed by atoms with van der Waals surface area (Å²) >= 11 is 0. The van der Waals surface area contributed by atoms with Crippen LogP contribution in [0.5, 0.6) is 5.75 Å². The average molecular weight is 303 g/mol. The van der Waals surface area contributed by atoms with E-state index in [4.69, 9.17) is 15.4 Å². The maximum Gasteiger partial charge on any atom is 0.261 e. The standard InChI is InChI=1S/C14H19ClO3S/c1-11-10-13(6-7-14(11)19(15,16)17)18-9-8-12-4-2-3-5-12/h6-7,10,12H,2-5,8-9H2,1H3. The van der Waals surface area contributed by atoms with E-state index in [-0.39, 0.29) is 4.90 Å². The molecule has 0 saturated heterocycles. The SMILES string of the molecule is Cc1cc(OCCC2CCCC2)ccc1S(=O)(=O)Cl. The molecule has 0 heterocycles. The summed E-state index contributed by atoms with van der Waals surface area (Å²) in [5, 5.41) is 0. The highest BCUT2D eigenvalue weighted by atomic mass is 35.7. The Balaban J connectivity index is 1.92. The topological polar surface area (TPSA) is 43.4 Å². The van der Waals surface area contributed by atoms with Gasteiger partial charge in [0, 0.05) is 10.7 Å². The molecule has 1 aliphatic carbocycles. The molecule has 0 amide bonds. The van der Waals surface area contributed by atoms with Crippen LogP contribution in [0.3, 0.4) is 0 Å². The van der Waals surface area contributed by atoms with E-state index in [0.29, 0.717) is 17.9 Å². The summed E-state index contributed by atoms with van der Waals surface area (Å²) in [5.41, 5.74) is 0.619. The molecule has 1 fully saturated rings. The summed E-state index contributed by atoms with van der Waals surface area (Å²) in [6, 6.07) is 4.89. The second-order valence-electron chi connectivity index (χ2n) is 5.15. The molecule has 0 aromatic heterocycles. The van der Waals surface area contributed by atoms with Crippen molar-refractivity contribution in [3.8, 4) is 5.75 Å². The zero-order valence-electron chi connectivity index (χ0n) is 11.1. The van der Waals surface area contributed by atoms with Crippen molar-refractivity contribution in [2.45, 2.75) is 43.9 Å². The molecule has 2 rings (SSSR count). The highest BCUT2D eigenvalue weighted by molar-refractivity contribution is 8.13. The maximum absolute atomic E-state index is 11.3. The molecule has 1 aliphatic rings. The molecule has 1 aromatic carbocycles. The van der Waals surface area contributed by atoms with E-state index in [1.807, 2.05) is 0 Å². The Bertz CT molecular complexity index is 534. The van der Waals surface area contributed by atoms with Gasteiger partial charge in [-0.25, -0.2) is 8.42 Å². The number of hydrogen-bond acceptors (Lipinski definition) is 3. The molecular weight excluding hydrogens is 284 g/mol. The molecule has 3 nitrogen and oxygen atoms in total. The number of rotatable bonds is 5. The van der Waals surface area contributed by atoms with E-state index in [1.54, 1.807) is 19.1 Å². The largest absolute Gasteiger partial charge is 0.494 e. The Morgan fingerprint density at radius 1 is 1.32 bits per heavy atom. The Morgan fingerprint density at radius 2 is 2.00 bits per heavy atom. The predicted molar refractivity (Wildman–Crippen MR) is 76.3 cm³/mol. The molecule has 0 bridgehead atoms. The second-order valence-corrected chi connectivity index (χ2v) is 7.69. The molecular formula is C14H19ClO3S. The van der Waals surface area contributed by atoms with Crippen molar-refractivity contribution >= 4 is 19.7 Å². The van der Waals surface area contributed by atoms with E-state index >= 15 is 0 Å². The van der Waals surface area contributed by atoms with Gasteiger partial charge in [-0.2, -0.15) is 0 Å². The van der Waals surface area contributed by atoms with Gasteiger partial charge in [-0.1, -0.05) is 25.7 Å². The van der Waals surface area contributed by atoms with Crippen LogP contribution < -0.4 is 4.74 Å². The van der Waals surface area contributed by atoms with E-state index < -0.39 is 9.05 Å². The molecule has 0 radical (unpaired) electrons. The third kappa shape index (κ3) is 4.11. The second kappa shape index (κ2) is 6.14. The zero-order valence-corrected chi connectivity index (χ0v) is 12.6. The predicted octanol–water partition coefficient (Wildman–Crippen LogP) is 3.88. The van der Waals surface area contributed by atoms with Crippen LogP contribution >= 0.6 is 10.7 Å². The Kier molecular flexibility index (Phi) is 4.74. The van der Waals surface area contributed by atoms with Gasteiger partial charge in [-0.15, -0.1) is 0 Å². The van der Waals surface area contributed by atoms with Gasteiger partial charge in [-0.05, 0) is 43.0 Å². The first-order chi connectivity index (χ1) is 8.97. The Hall–Kier alpha value is -0.740. The number of ether oxygens (including phenoxy) is 1. The lowest BCUT2D eigenvalue weighted by molar-refractivity contribution is 0.279. The third-order valence-electron chi connectivity index (χ3n) is 3.68. The third-order valence-corrected chi connectivity index (χ3v) is 5.16. The fraction of sp³-hybridized carbons (Fsp3) is 0.571. The minimum Gasteiger partial charge on any atom is -0.494 e.